The van der Waals surface area contributed by atoms with E-state index in [4.69, 9.17) is 11.6 Å². The normalized spacial score (nSPS) is 21.5. The van der Waals surface area contributed by atoms with Crippen molar-refractivity contribution in [3.05, 3.63) is 69.7 Å². The molecule has 2 amide bonds. The quantitative estimate of drug-likeness (QED) is 0.610. The Morgan fingerprint density at radius 2 is 1.74 bits per heavy atom. The first kappa shape index (κ1) is 21.8. The van der Waals surface area contributed by atoms with Crippen LogP contribution in [0.2, 0.25) is 5.02 Å². The molecule has 4 nitrogen and oxygen atoms in total. The van der Waals surface area contributed by atoms with E-state index in [2.05, 4.69) is 10.6 Å². The van der Waals surface area contributed by atoms with Crippen LogP contribution in [-0.2, 0) is 9.59 Å². The standard InChI is InChI=1S/C24H25ClF2N2O2/c1-13(30)28-20-12-17(15-8-4-5-9-16(15)20)24(31)29-23(14-6-2-3-7-14)21-19(26)11-10-18(25)22(21)27/h4-5,8-11,14,17,20,23H,2-3,6-7,12H2,1H3,(H,28,30)(H,29,31)/t17-,20-,23-/m0/s1. The summed E-state index contributed by atoms with van der Waals surface area (Å²) in [5.74, 6) is -2.57. The molecule has 2 aromatic rings. The topological polar surface area (TPSA) is 58.2 Å². The molecule has 31 heavy (non-hydrogen) atoms. The number of amides is 2. The van der Waals surface area contributed by atoms with Gasteiger partial charge in [0.1, 0.15) is 11.6 Å². The van der Waals surface area contributed by atoms with Gasteiger partial charge in [0.15, 0.2) is 0 Å². The molecule has 0 aliphatic heterocycles. The summed E-state index contributed by atoms with van der Waals surface area (Å²) in [5.41, 5.74) is 1.56. The van der Waals surface area contributed by atoms with Gasteiger partial charge in [-0.25, -0.2) is 8.78 Å². The molecule has 0 unspecified atom stereocenters. The molecule has 1 fully saturated rings. The smallest absolute Gasteiger partial charge is 0.228 e. The third-order valence-corrected chi connectivity index (χ3v) is 6.76. The lowest BCUT2D eigenvalue weighted by molar-refractivity contribution is -0.124. The second kappa shape index (κ2) is 8.95. The molecule has 0 heterocycles. The first-order valence-corrected chi connectivity index (χ1v) is 11.0. The van der Waals surface area contributed by atoms with E-state index >= 15 is 0 Å². The number of halogens is 3. The monoisotopic (exact) mass is 446 g/mol. The number of nitrogens with one attached hydrogen (secondary N) is 2. The van der Waals surface area contributed by atoms with Gasteiger partial charge in [0.05, 0.1) is 23.0 Å². The molecule has 2 aliphatic rings. The van der Waals surface area contributed by atoms with Crippen molar-refractivity contribution in [2.24, 2.45) is 5.92 Å². The average molecular weight is 447 g/mol. The Hall–Kier alpha value is -2.47. The van der Waals surface area contributed by atoms with E-state index < -0.39 is 23.6 Å². The van der Waals surface area contributed by atoms with Crippen molar-refractivity contribution in [3.63, 3.8) is 0 Å². The molecule has 2 aromatic carbocycles. The average Bonchev–Trinajstić information content (AvgIpc) is 3.39. The van der Waals surface area contributed by atoms with Gasteiger partial charge in [-0.1, -0.05) is 48.7 Å². The molecule has 2 N–H and O–H groups in total. The molecule has 4 rings (SSSR count). The van der Waals surface area contributed by atoms with E-state index in [-0.39, 0.29) is 34.4 Å². The van der Waals surface area contributed by atoms with Gasteiger partial charge < -0.3 is 10.6 Å². The van der Waals surface area contributed by atoms with Crippen LogP contribution in [-0.4, -0.2) is 11.8 Å². The summed E-state index contributed by atoms with van der Waals surface area (Å²) in [6.07, 6.45) is 3.89. The molecule has 3 atom stereocenters. The van der Waals surface area contributed by atoms with Gasteiger partial charge in [-0.15, -0.1) is 0 Å². The highest BCUT2D eigenvalue weighted by atomic mass is 35.5. The first-order chi connectivity index (χ1) is 14.9. The Labute approximate surface area is 185 Å². The first-order valence-electron chi connectivity index (χ1n) is 10.7. The molecule has 2 aliphatic carbocycles. The van der Waals surface area contributed by atoms with Gasteiger partial charge in [0.25, 0.3) is 0 Å². The lowest BCUT2D eigenvalue weighted by atomic mass is 9.89. The fraction of sp³-hybridized carbons (Fsp3) is 0.417. The van der Waals surface area contributed by atoms with E-state index in [0.717, 1.165) is 42.9 Å². The van der Waals surface area contributed by atoms with Gasteiger partial charge in [0, 0.05) is 12.5 Å². The lowest BCUT2D eigenvalue weighted by Crippen LogP contribution is -2.37. The van der Waals surface area contributed by atoms with Crippen LogP contribution in [0.5, 0.6) is 0 Å². The molecule has 0 spiro atoms. The van der Waals surface area contributed by atoms with Crippen molar-refractivity contribution < 1.29 is 18.4 Å². The molecular formula is C24H25ClF2N2O2. The number of benzene rings is 2. The lowest BCUT2D eigenvalue weighted by Gasteiger charge is -2.28. The minimum atomic E-state index is -0.818. The Kier molecular flexibility index (Phi) is 6.28. The molecule has 0 bridgehead atoms. The van der Waals surface area contributed by atoms with Crippen LogP contribution in [0.3, 0.4) is 0 Å². The van der Waals surface area contributed by atoms with Crippen LogP contribution in [0.1, 0.15) is 73.7 Å². The number of carbonyl (C=O) groups is 2. The maximum absolute atomic E-state index is 14.9. The zero-order chi connectivity index (χ0) is 22.1. The number of hydrogen-bond acceptors (Lipinski definition) is 2. The summed E-state index contributed by atoms with van der Waals surface area (Å²) >= 11 is 5.94. The zero-order valence-corrected chi connectivity index (χ0v) is 18.0. The number of carbonyl (C=O) groups excluding carboxylic acids is 2. The van der Waals surface area contributed by atoms with Crippen LogP contribution >= 0.6 is 11.6 Å². The maximum atomic E-state index is 14.9. The van der Waals surface area contributed by atoms with E-state index in [1.165, 1.54) is 13.0 Å². The highest BCUT2D eigenvalue weighted by Crippen LogP contribution is 2.43. The second-order valence-corrected chi connectivity index (χ2v) is 8.87. The summed E-state index contributed by atoms with van der Waals surface area (Å²) in [5, 5.41) is 5.68. The summed E-state index contributed by atoms with van der Waals surface area (Å²) in [7, 11) is 0. The van der Waals surface area contributed by atoms with Gasteiger partial charge >= 0.3 is 0 Å². The largest absolute Gasteiger partial charge is 0.349 e. The molecule has 0 radical (unpaired) electrons. The third kappa shape index (κ3) is 4.31. The van der Waals surface area contributed by atoms with Crippen molar-refractivity contribution in [3.8, 4) is 0 Å². The molecule has 164 valence electrons. The Balaban J connectivity index is 1.65. The van der Waals surface area contributed by atoms with Crippen molar-refractivity contribution >= 4 is 23.4 Å². The number of hydrogen-bond donors (Lipinski definition) is 2. The van der Waals surface area contributed by atoms with E-state index in [0.29, 0.717) is 6.42 Å². The zero-order valence-electron chi connectivity index (χ0n) is 17.3. The van der Waals surface area contributed by atoms with Crippen molar-refractivity contribution in [2.45, 2.75) is 57.0 Å². The van der Waals surface area contributed by atoms with Crippen LogP contribution < -0.4 is 10.6 Å². The molecular weight excluding hydrogens is 422 g/mol. The maximum Gasteiger partial charge on any atom is 0.228 e. The summed E-state index contributed by atoms with van der Waals surface area (Å²) in [6, 6.07) is 8.75. The van der Waals surface area contributed by atoms with Crippen LogP contribution in [0.25, 0.3) is 0 Å². The predicted octanol–water partition coefficient (Wildman–Crippen LogP) is 5.33. The Bertz CT molecular complexity index is 1010. The predicted molar refractivity (Wildman–Crippen MR) is 115 cm³/mol. The van der Waals surface area contributed by atoms with Crippen LogP contribution in [0.15, 0.2) is 36.4 Å². The minimum Gasteiger partial charge on any atom is -0.349 e. The fourth-order valence-corrected chi connectivity index (χ4v) is 5.23. The second-order valence-electron chi connectivity index (χ2n) is 8.46. The summed E-state index contributed by atoms with van der Waals surface area (Å²) < 4.78 is 29.6. The van der Waals surface area contributed by atoms with Gasteiger partial charge in [-0.2, -0.15) is 0 Å². The third-order valence-electron chi connectivity index (χ3n) is 6.47. The summed E-state index contributed by atoms with van der Waals surface area (Å²) in [4.78, 5) is 25.0. The molecule has 1 saturated carbocycles. The van der Waals surface area contributed by atoms with Crippen LogP contribution in [0, 0.1) is 17.6 Å². The van der Waals surface area contributed by atoms with Crippen molar-refractivity contribution in [1.82, 2.24) is 10.6 Å². The molecule has 7 heteroatoms. The SMILES string of the molecule is CC(=O)N[C@H]1C[C@H](C(=O)N[C@H](c2c(F)ccc(Cl)c2F)C2CCCC2)c2ccccc21. The highest BCUT2D eigenvalue weighted by Gasteiger charge is 2.39. The number of rotatable bonds is 5. The van der Waals surface area contributed by atoms with Gasteiger partial charge in [-0.05, 0) is 48.4 Å². The van der Waals surface area contributed by atoms with Crippen molar-refractivity contribution in [1.29, 1.82) is 0 Å². The Morgan fingerprint density at radius 1 is 1.06 bits per heavy atom. The van der Waals surface area contributed by atoms with Gasteiger partial charge in [-0.3, -0.25) is 9.59 Å². The van der Waals surface area contributed by atoms with Crippen LogP contribution in [0.4, 0.5) is 8.78 Å². The number of fused-ring (bicyclic) bond motifs is 1. The highest BCUT2D eigenvalue weighted by molar-refractivity contribution is 6.30. The van der Waals surface area contributed by atoms with E-state index in [1.807, 2.05) is 24.3 Å². The van der Waals surface area contributed by atoms with E-state index in [1.54, 1.807) is 0 Å². The summed E-state index contributed by atoms with van der Waals surface area (Å²) in [6.45, 7) is 1.44. The minimum absolute atomic E-state index is 0.0609. The van der Waals surface area contributed by atoms with Crippen molar-refractivity contribution in [2.75, 3.05) is 0 Å². The van der Waals surface area contributed by atoms with Gasteiger partial charge in [0.2, 0.25) is 11.8 Å². The fourth-order valence-electron chi connectivity index (χ4n) is 5.06. The molecule has 0 aromatic heterocycles. The van der Waals surface area contributed by atoms with E-state index in [9.17, 15) is 18.4 Å². The molecule has 0 saturated heterocycles. The Morgan fingerprint density at radius 3 is 2.42 bits per heavy atom.